The lowest BCUT2D eigenvalue weighted by molar-refractivity contribution is -0.202. The average molecular weight is 576 g/mol. The van der Waals surface area contributed by atoms with Crippen LogP contribution in [0.4, 0.5) is 0 Å². The Labute approximate surface area is 248 Å². The zero-order chi connectivity index (χ0) is 30.1. The highest BCUT2D eigenvalue weighted by atomic mass is 16.7. The summed E-state index contributed by atoms with van der Waals surface area (Å²) in [6.45, 7) is 6.72. The van der Waals surface area contributed by atoms with Crippen molar-refractivity contribution in [3.8, 4) is 16.9 Å². The van der Waals surface area contributed by atoms with Crippen LogP contribution in [0.1, 0.15) is 67.6 Å². The maximum atomic E-state index is 13.5. The molecule has 1 fully saturated rings. The molecule has 0 aliphatic carbocycles. The molecule has 1 saturated heterocycles. The number of benzene rings is 3. The molecule has 0 spiro atoms. The fourth-order valence-electron chi connectivity index (χ4n) is 4.88. The van der Waals surface area contributed by atoms with E-state index in [0.29, 0.717) is 19.6 Å². The first-order valence-corrected chi connectivity index (χ1v) is 14.4. The van der Waals surface area contributed by atoms with Crippen molar-refractivity contribution in [3.63, 3.8) is 0 Å². The van der Waals surface area contributed by atoms with Crippen molar-refractivity contribution in [2.24, 2.45) is 0 Å². The second-order valence-electron chi connectivity index (χ2n) is 11.4. The van der Waals surface area contributed by atoms with Crippen molar-refractivity contribution in [3.05, 3.63) is 89.5 Å². The summed E-state index contributed by atoms with van der Waals surface area (Å²) < 4.78 is 22.8. The quantitative estimate of drug-likeness (QED) is 0.270. The number of hydrogen-bond donors (Lipinski definition) is 2. The number of nitrogens with one attached hydrogen (secondary N) is 1. The number of esters is 2. The second-order valence-corrected chi connectivity index (χ2v) is 11.4. The molecule has 8 heteroatoms. The van der Waals surface area contributed by atoms with E-state index in [1.807, 2.05) is 75.4 Å². The van der Waals surface area contributed by atoms with E-state index in [1.165, 1.54) is 7.11 Å². The summed E-state index contributed by atoms with van der Waals surface area (Å²) in [6.07, 6.45) is 2.48. The molecule has 224 valence electrons. The molecule has 3 atom stereocenters. The van der Waals surface area contributed by atoms with Gasteiger partial charge in [-0.2, -0.15) is 0 Å². The van der Waals surface area contributed by atoms with Crippen LogP contribution in [0, 0.1) is 0 Å². The van der Waals surface area contributed by atoms with Gasteiger partial charge in [0.15, 0.2) is 6.29 Å². The molecule has 0 saturated carbocycles. The third-order valence-electron chi connectivity index (χ3n) is 7.00. The fourth-order valence-corrected chi connectivity index (χ4v) is 4.88. The first-order valence-electron chi connectivity index (χ1n) is 14.4. The smallest absolute Gasteiger partial charge is 0.341 e. The van der Waals surface area contributed by atoms with Crippen molar-refractivity contribution in [1.29, 1.82) is 0 Å². The topological polar surface area (TPSA) is 103 Å². The highest BCUT2D eigenvalue weighted by molar-refractivity contribution is 5.93. The molecular weight excluding hydrogens is 534 g/mol. The summed E-state index contributed by atoms with van der Waals surface area (Å²) >= 11 is 0. The van der Waals surface area contributed by atoms with Gasteiger partial charge in [-0.25, -0.2) is 4.79 Å². The minimum atomic E-state index is -0.743. The van der Waals surface area contributed by atoms with Crippen LogP contribution in [0.5, 0.6) is 5.75 Å². The van der Waals surface area contributed by atoms with Gasteiger partial charge in [0.1, 0.15) is 29.1 Å². The van der Waals surface area contributed by atoms with E-state index in [0.717, 1.165) is 41.5 Å². The van der Waals surface area contributed by atoms with Crippen LogP contribution in [0.15, 0.2) is 72.8 Å². The molecule has 1 aliphatic heterocycles. The lowest BCUT2D eigenvalue weighted by Crippen LogP contribution is -2.47. The van der Waals surface area contributed by atoms with E-state index in [4.69, 9.17) is 18.9 Å². The van der Waals surface area contributed by atoms with Crippen LogP contribution >= 0.6 is 0 Å². The Morgan fingerprint density at radius 2 is 1.71 bits per heavy atom. The predicted molar refractivity (Wildman–Crippen MR) is 160 cm³/mol. The number of aromatic hydroxyl groups is 1. The first-order chi connectivity index (χ1) is 20.1. The number of carbonyl (C=O) groups excluding carboxylic acids is 2. The van der Waals surface area contributed by atoms with Crippen LogP contribution < -0.4 is 5.32 Å². The molecule has 1 heterocycles. The second kappa shape index (κ2) is 14.4. The molecule has 3 aromatic carbocycles. The van der Waals surface area contributed by atoms with E-state index in [9.17, 15) is 14.7 Å². The number of ether oxygens (including phenoxy) is 4. The number of carbonyl (C=O) groups is 2. The molecule has 0 bridgehead atoms. The Bertz CT molecular complexity index is 1310. The van der Waals surface area contributed by atoms with Gasteiger partial charge in [0.25, 0.3) is 0 Å². The summed E-state index contributed by atoms with van der Waals surface area (Å²) in [5.41, 5.74) is 3.09. The molecule has 2 N–H and O–H groups in total. The van der Waals surface area contributed by atoms with E-state index >= 15 is 0 Å². The number of rotatable bonds is 11. The van der Waals surface area contributed by atoms with Crippen LogP contribution in [0.2, 0.25) is 0 Å². The van der Waals surface area contributed by atoms with E-state index in [2.05, 4.69) is 5.32 Å². The van der Waals surface area contributed by atoms with Crippen molar-refractivity contribution in [2.75, 3.05) is 20.3 Å². The van der Waals surface area contributed by atoms with Crippen molar-refractivity contribution >= 4 is 11.9 Å². The van der Waals surface area contributed by atoms with E-state index in [-0.39, 0.29) is 23.6 Å². The van der Waals surface area contributed by atoms with Crippen molar-refractivity contribution in [2.45, 2.75) is 70.5 Å². The summed E-state index contributed by atoms with van der Waals surface area (Å²) in [5.74, 6) is -1.09. The third kappa shape index (κ3) is 8.64. The van der Waals surface area contributed by atoms with Gasteiger partial charge >= 0.3 is 11.9 Å². The van der Waals surface area contributed by atoms with Gasteiger partial charge in [-0.05, 0) is 80.8 Å². The van der Waals surface area contributed by atoms with Crippen LogP contribution in [0.3, 0.4) is 0 Å². The van der Waals surface area contributed by atoms with Gasteiger partial charge in [-0.15, -0.1) is 0 Å². The van der Waals surface area contributed by atoms with E-state index in [1.54, 1.807) is 18.2 Å². The van der Waals surface area contributed by atoms with Crippen molar-refractivity contribution in [1.82, 2.24) is 5.32 Å². The Kier molecular flexibility index (Phi) is 10.7. The summed E-state index contributed by atoms with van der Waals surface area (Å²) in [4.78, 5) is 25.3. The number of phenols is 1. The number of phenolic OH excluding ortho intramolecular Hbond substituents is 1. The van der Waals surface area contributed by atoms with Gasteiger partial charge in [-0.1, -0.05) is 60.7 Å². The minimum Gasteiger partial charge on any atom is -0.507 e. The Hall–Kier alpha value is -3.72. The Morgan fingerprint density at radius 1 is 1.00 bits per heavy atom. The average Bonchev–Trinajstić information content (AvgIpc) is 2.98. The third-order valence-corrected chi connectivity index (χ3v) is 7.00. The minimum absolute atomic E-state index is 0.122. The molecule has 8 nitrogen and oxygen atoms in total. The van der Waals surface area contributed by atoms with Crippen LogP contribution in [0.25, 0.3) is 11.1 Å². The summed E-state index contributed by atoms with van der Waals surface area (Å²) in [5, 5.41) is 13.7. The van der Waals surface area contributed by atoms with Gasteiger partial charge in [0, 0.05) is 13.2 Å². The molecule has 42 heavy (non-hydrogen) atoms. The zero-order valence-corrected chi connectivity index (χ0v) is 24.8. The maximum Gasteiger partial charge on any atom is 0.341 e. The lowest BCUT2D eigenvalue weighted by atomic mass is 10.00. The highest BCUT2D eigenvalue weighted by Gasteiger charge is 2.36. The standard InChI is InChI=1S/C34H41NO7/c1-34(2,3)42-33(38)30(31(25-10-6-5-7-11-25)41-29-12-8-9-21-40-29)35-20-19-23-13-15-24(16-14-23)26-17-18-27(28(36)22-26)32(37)39-4/h5-7,10-11,13-18,22,29-31,35-36H,8-9,12,19-21H2,1-4H3/t29?,30?,31-/m1/s1. The maximum absolute atomic E-state index is 13.5. The monoisotopic (exact) mass is 575 g/mol. The van der Waals surface area contributed by atoms with Crippen LogP contribution in [-0.4, -0.2) is 55.2 Å². The number of methoxy groups -OCH3 is 1. The zero-order valence-electron chi connectivity index (χ0n) is 24.8. The predicted octanol–water partition coefficient (Wildman–Crippen LogP) is 5.97. The molecule has 0 amide bonds. The highest BCUT2D eigenvalue weighted by Crippen LogP contribution is 2.30. The SMILES string of the molecule is COC(=O)c1ccc(-c2ccc(CCNC(C(=O)OC(C)(C)C)[C@H](OC3CCCCO3)c3ccccc3)cc2)cc1O. The molecule has 0 radical (unpaired) electrons. The summed E-state index contributed by atoms with van der Waals surface area (Å²) in [6, 6.07) is 21.8. The molecular formula is C34H41NO7. The van der Waals surface area contributed by atoms with Gasteiger partial charge < -0.3 is 29.4 Å². The van der Waals surface area contributed by atoms with Crippen LogP contribution in [-0.2, 0) is 30.2 Å². The molecule has 3 aromatic rings. The largest absolute Gasteiger partial charge is 0.507 e. The van der Waals surface area contributed by atoms with Crippen molar-refractivity contribution < 1.29 is 33.6 Å². The first kappa shape index (κ1) is 31.2. The van der Waals surface area contributed by atoms with E-state index < -0.39 is 23.7 Å². The number of hydrogen-bond acceptors (Lipinski definition) is 8. The van der Waals surface area contributed by atoms with Gasteiger partial charge in [0.05, 0.1) is 7.11 Å². The Balaban J connectivity index is 1.48. The van der Waals surface area contributed by atoms with Gasteiger partial charge in [0.2, 0.25) is 0 Å². The molecule has 1 aliphatic rings. The molecule has 4 rings (SSSR count). The molecule has 2 unspecified atom stereocenters. The Morgan fingerprint density at radius 3 is 2.33 bits per heavy atom. The lowest BCUT2D eigenvalue weighted by Gasteiger charge is -2.33. The van der Waals surface area contributed by atoms with Gasteiger partial charge in [-0.3, -0.25) is 4.79 Å². The normalized spacial score (nSPS) is 16.8. The molecule has 0 aromatic heterocycles. The summed E-state index contributed by atoms with van der Waals surface area (Å²) in [7, 11) is 1.28. The fraction of sp³-hybridized carbons (Fsp3) is 0.412.